The summed E-state index contributed by atoms with van der Waals surface area (Å²) in [5.74, 6) is 0.0171. The molecule has 62 valence electrons. The van der Waals surface area contributed by atoms with E-state index >= 15 is 0 Å². The van der Waals surface area contributed by atoms with Crippen molar-refractivity contribution in [1.82, 2.24) is 10.3 Å². The van der Waals surface area contributed by atoms with Gasteiger partial charge in [0, 0.05) is 25.7 Å². The van der Waals surface area contributed by atoms with E-state index in [0.717, 1.165) is 18.7 Å². The Morgan fingerprint density at radius 1 is 1.82 bits per heavy atom. The molecule has 0 aromatic heterocycles. The van der Waals surface area contributed by atoms with Gasteiger partial charge in [-0.15, -0.1) is 0 Å². The molecular weight excluding hydrogens is 142 g/mol. The summed E-state index contributed by atoms with van der Waals surface area (Å²) < 4.78 is 0. The van der Waals surface area contributed by atoms with E-state index in [4.69, 9.17) is 0 Å². The predicted molar refractivity (Wildman–Crippen MR) is 43.4 cm³/mol. The zero-order valence-electron chi connectivity index (χ0n) is 6.92. The Bertz CT molecular complexity index is 188. The molecule has 0 aromatic carbocycles. The van der Waals surface area contributed by atoms with E-state index < -0.39 is 0 Å². The van der Waals surface area contributed by atoms with Gasteiger partial charge in [0.1, 0.15) is 6.54 Å². The topological polar surface area (TPSA) is 44.7 Å². The highest BCUT2D eigenvalue weighted by Crippen LogP contribution is 2.03. The molecule has 0 aromatic rings. The maximum Gasteiger partial charge on any atom is 0.241 e. The highest BCUT2D eigenvalue weighted by molar-refractivity contribution is 5.84. The van der Waals surface area contributed by atoms with Gasteiger partial charge in [0.25, 0.3) is 0 Å². The number of hydrazone groups is 1. The molecule has 1 amide bonds. The van der Waals surface area contributed by atoms with Crippen LogP contribution in [0.4, 0.5) is 0 Å². The van der Waals surface area contributed by atoms with Crippen molar-refractivity contribution < 1.29 is 4.79 Å². The van der Waals surface area contributed by atoms with Gasteiger partial charge in [-0.3, -0.25) is 9.80 Å². The molecule has 1 aliphatic heterocycles. The van der Waals surface area contributed by atoms with Gasteiger partial charge in [0.15, 0.2) is 0 Å². The summed E-state index contributed by atoms with van der Waals surface area (Å²) in [7, 11) is 1.63. The SMILES string of the molecule is CNC(=O)CN1CCC(C)=N1. The van der Waals surface area contributed by atoms with Gasteiger partial charge in [-0.05, 0) is 6.92 Å². The largest absolute Gasteiger partial charge is 0.358 e. The Morgan fingerprint density at radius 3 is 3.00 bits per heavy atom. The number of carbonyl (C=O) groups excluding carboxylic acids is 1. The van der Waals surface area contributed by atoms with Crippen molar-refractivity contribution in [3.8, 4) is 0 Å². The second-order valence-corrected chi connectivity index (χ2v) is 2.65. The third-order valence-corrected chi connectivity index (χ3v) is 1.65. The summed E-state index contributed by atoms with van der Waals surface area (Å²) in [6.07, 6.45) is 0.983. The minimum absolute atomic E-state index is 0.0171. The van der Waals surface area contributed by atoms with Gasteiger partial charge >= 0.3 is 0 Å². The summed E-state index contributed by atoms with van der Waals surface area (Å²) in [6, 6.07) is 0. The minimum Gasteiger partial charge on any atom is -0.358 e. The Morgan fingerprint density at radius 2 is 2.55 bits per heavy atom. The summed E-state index contributed by atoms with van der Waals surface area (Å²) in [5.41, 5.74) is 1.11. The number of nitrogens with zero attached hydrogens (tertiary/aromatic N) is 2. The summed E-state index contributed by atoms with van der Waals surface area (Å²) in [4.78, 5) is 10.9. The van der Waals surface area contributed by atoms with Crippen LogP contribution in [0.3, 0.4) is 0 Å². The number of carbonyl (C=O) groups is 1. The van der Waals surface area contributed by atoms with Crippen LogP contribution < -0.4 is 5.32 Å². The van der Waals surface area contributed by atoms with Crippen molar-refractivity contribution in [2.75, 3.05) is 20.1 Å². The van der Waals surface area contributed by atoms with Crippen LogP contribution in [0.2, 0.25) is 0 Å². The van der Waals surface area contributed by atoms with Gasteiger partial charge in [-0.2, -0.15) is 5.10 Å². The first-order chi connectivity index (χ1) is 5.22. The third-order valence-electron chi connectivity index (χ3n) is 1.65. The van der Waals surface area contributed by atoms with Crippen molar-refractivity contribution in [3.05, 3.63) is 0 Å². The Hall–Kier alpha value is -1.06. The molecule has 1 N–H and O–H groups in total. The fourth-order valence-corrected chi connectivity index (χ4v) is 0.992. The molecule has 0 saturated heterocycles. The third kappa shape index (κ3) is 2.22. The minimum atomic E-state index is 0.0171. The second kappa shape index (κ2) is 3.37. The van der Waals surface area contributed by atoms with Gasteiger partial charge in [0.2, 0.25) is 5.91 Å². The fourth-order valence-electron chi connectivity index (χ4n) is 0.992. The smallest absolute Gasteiger partial charge is 0.241 e. The van der Waals surface area contributed by atoms with E-state index in [1.165, 1.54) is 0 Å². The Labute approximate surface area is 66.3 Å². The molecular formula is C7H13N3O. The highest BCUT2D eigenvalue weighted by Gasteiger charge is 2.12. The predicted octanol–water partition coefficient (Wildman–Crippen LogP) is -0.186. The van der Waals surface area contributed by atoms with E-state index in [-0.39, 0.29) is 5.91 Å². The Balaban J connectivity index is 2.34. The molecule has 0 radical (unpaired) electrons. The maximum absolute atomic E-state index is 10.9. The standard InChI is InChI=1S/C7H13N3O/c1-6-3-4-10(9-6)5-7(11)8-2/h3-5H2,1-2H3,(H,8,11). The number of amides is 1. The molecule has 1 aliphatic rings. The van der Waals surface area contributed by atoms with Gasteiger partial charge in [-0.1, -0.05) is 0 Å². The summed E-state index contributed by atoms with van der Waals surface area (Å²) in [5, 5.41) is 8.51. The van der Waals surface area contributed by atoms with Crippen molar-refractivity contribution in [1.29, 1.82) is 0 Å². The van der Waals surface area contributed by atoms with Crippen LogP contribution in [0.5, 0.6) is 0 Å². The van der Waals surface area contributed by atoms with Crippen LogP contribution >= 0.6 is 0 Å². The van der Waals surface area contributed by atoms with E-state index in [1.54, 1.807) is 12.1 Å². The zero-order valence-corrected chi connectivity index (χ0v) is 6.92. The van der Waals surface area contributed by atoms with Crippen LogP contribution in [0.1, 0.15) is 13.3 Å². The van der Waals surface area contributed by atoms with E-state index in [1.807, 2.05) is 6.92 Å². The molecule has 11 heavy (non-hydrogen) atoms. The van der Waals surface area contributed by atoms with E-state index in [9.17, 15) is 4.79 Å². The van der Waals surface area contributed by atoms with Gasteiger partial charge < -0.3 is 5.32 Å². The van der Waals surface area contributed by atoms with Crippen LogP contribution in [0.25, 0.3) is 0 Å². The molecule has 0 unspecified atom stereocenters. The molecule has 0 spiro atoms. The maximum atomic E-state index is 10.9. The molecule has 4 nitrogen and oxygen atoms in total. The van der Waals surface area contributed by atoms with Gasteiger partial charge in [-0.25, -0.2) is 0 Å². The molecule has 0 saturated carbocycles. The zero-order chi connectivity index (χ0) is 8.27. The monoisotopic (exact) mass is 155 g/mol. The lowest BCUT2D eigenvalue weighted by Gasteiger charge is -2.11. The fraction of sp³-hybridized carbons (Fsp3) is 0.714. The normalized spacial score (nSPS) is 16.5. The molecule has 1 rings (SSSR count). The molecule has 0 fully saturated rings. The quantitative estimate of drug-likeness (QED) is 0.601. The first kappa shape index (κ1) is 8.04. The number of hydrogen-bond donors (Lipinski definition) is 1. The number of likely N-dealkylation sites (N-methyl/N-ethyl adjacent to an activating group) is 1. The van der Waals surface area contributed by atoms with Crippen LogP contribution in [-0.2, 0) is 4.79 Å². The summed E-state index contributed by atoms with van der Waals surface area (Å²) >= 11 is 0. The molecule has 1 heterocycles. The number of nitrogens with one attached hydrogen (secondary N) is 1. The van der Waals surface area contributed by atoms with E-state index in [0.29, 0.717) is 6.54 Å². The first-order valence-corrected chi connectivity index (χ1v) is 3.72. The lowest BCUT2D eigenvalue weighted by atomic mass is 10.3. The van der Waals surface area contributed by atoms with Crippen LogP contribution in [0.15, 0.2) is 5.10 Å². The van der Waals surface area contributed by atoms with Crippen molar-refractivity contribution in [2.45, 2.75) is 13.3 Å². The van der Waals surface area contributed by atoms with E-state index in [2.05, 4.69) is 10.4 Å². The second-order valence-electron chi connectivity index (χ2n) is 2.65. The average Bonchev–Trinajstić information content (AvgIpc) is 2.35. The first-order valence-electron chi connectivity index (χ1n) is 3.72. The highest BCUT2D eigenvalue weighted by atomic mass is 16.2. The molecule has 0 atom stereocenters. The lowest BCUT2D eigenvalue weighted by Crippen LogP contribution is -2.31. The Kier molecular flexibility index (Phi) is 2.46. The lowest BCUT2D eigenvalue weighted by molar-refractivity contribution is -0.121. The van der Waals surface area contributed by atoms with Crippen LogP contribution in [0, 0.1) is 0 Å². The van der Waals surface area contributed by atoms with Crippen molar-refractivity contribution in [3.63, 3.8) is 0 Å². The summed E-state index contributed by atoms with van der Waals surface area (Å²) in [6.45, 7) is 3.23. The van der Waals surface area contributed by atoms with Crippen molar-refractivity contribution in [2.24, 2.45) is 5.10 Å². The molecule has 0 bridgehead atoms. The molecule has 4 heteroatoms. The van der Waals surface area contributed by atoms with Crippen LogP contribution in [-0.4, -0.2) is 36.8 Å². The average molecular weight is 155 g/mol. The number of rotatable bonds is 2. The molecule has 0 aliphatic carbocycles. The van der Waals surface area contributed by atoms with Gasteiger partial charge in [0.05, 0.1) is 0 Å². The number of hydrogen-bond acceptors (Lipinski definition) is 3. The van der Waals surface area contributed by atoms with Crippen molar-refractivity contribution >= 4 is 11.6 Å².